The van der Waals surface area contributed by atoms with E-state index in [2.05, 4.69) is 6.07 Å². The van der Waals surface area contributed by atoms with Crippen molar-refractivity contribution in [3.8, 4) is 0 Å². The van der Waals surface area contributed by atoms with Crippen molar-refractivity contribution in [2.45, 2.75) is 6.92 Å². The first-order valence-electron chi connectivity index (χ1n) is 4.63. The molecule has 0 aromatic heterocycles. The molecule has 1 rings (SSSR count). The van der Waals surface area contributed by atoms with E-state index >= 15 is 0 Å². The van der Waals surface area contributed by atoms with Gasteiger partial charge in [-0.3, -0.25) is 9.59 Å². The molecule has 4 heteroatoms. The Balaban J connectivity index is 2.89. The van der Waals surface area contributed by atoms with E-state index in [1.165, 1.54) is 12.1 Å². The maximum Gasteiger partial charge on any atom is 0.253 e. The molecule has 0 bridgehead atoms. The molecular formula is C11H13N2O2. The normalized spacial score (nSPS) is 9.73. The lowest BCUT2D eigenvalue weighted by Gasteiger charge is -2.14. The Hall–Kier alpha value is -1.84. The molecule has 0 aliphatic carbocycles. The van der Waals surface area contributed by atoms with Gasteiger partial charge in [-0.15, -0.1) is 0 Å². The number of primary amides is 1. The lowest BCUT2D eigenvalue weighted by atomic mass is 10.1. The summed E-state index contributed by atoms with van der Waals surface area (Å²) in [6.07, 6.45) is 0. The number of carbonyl (C=O) groups is 2. The molecule has 1 aromatic carbocycles. The van der Waals surface area contributed by atoms with E-state index in [0.717, 1.165) is 0 Å². The number of rotatable bonds is 3. The molecule has 0 spiro atoms. The highest BCUT2D eigenvalue weighted by atomic mass is 16.2. The Morgan fingerprint density at radius 1 is 1.47 bits per heavy atom. The van der Waals surface area contributed by atoms with E-state index in [1.54, 1.807) is 18.0 Å². The van der Waals surface area contributed by atoms with E-state index in [-0.39, 0.29) is 11.5 Å². The highest BCUT2D eigenvalue weighted by molar-refractivity contribution is 5.96. The van der Waals surface area contributed by atoms with Crippen molar-refractivity contribution in [1.82, 2.24) is 4.90 Å². The van der Waals surface area contributed by atoms with Crippen molar-refractivity contribution >= 4 is 11.8 Å². The van der Waals surface area contributed by atoms with Crippen LogP contribution in [0.2, 0.25) is 0 Å². The number of hydrogen-bond acceptors (Lipinski definition) is 2. The van der Waals surface area contributed by atoms with Crippen molar-refractivity contribution < 1.29 is 9.59 Å². The summed E-state index contributed by atoms with van der Waals surface area (Å²) in [5.41, 5.74) is 5.85. The van der Waals surface area contributed by atoms with Gasteiger partial charge in [0.15, 0.2) is 0 Å². The smallest absolute Gasteiger partial charge is 0.253 e. The van der Waals surface area contributed by atoms with E-state index in [9.17, 15) is 9.59 Å². The predicted octanol–water partition coefficient (Wildman–Crippen LogP) is 0.678. The summed E-state index contributed by atoms with van der Waals surface area (Å²) < 4.78 is 0. The van der Waals surface area contributed by atoms with Crippen LogP contribution in [-0.2, 0) is 0 Å². The number of hydrogen-bond donors (Lipinski definition) is 1. The fraction of sp³-hybridized carbons (Fsp3) is 0.273. The van der Waals surface area contributed by atoms with Crippen molar-refractivity contribution in [1.29, 1.82) is 0 Å². The van der Waals surface area contributed by atoms with Crippen LogP contribution in [0.4, 0.5) is 0 Å². The molecule has 79 valence electrons. The molecule has 0 aliphatic heterocycles. The number of nitrogens with two attached hydrogens (primary N) is 1. The molecule has 15 heavy (non-hydrogen) atoms. The molecule has 0 saturated carbocycles. The van der Waals surface area contributed by atoms with Crippen LogP contribution < -0.4 is 5.73 Å². The highest BCUT2D eigenvalue weighted by Gasteiger charge is 2.10. The minimum Gasteiger partial charge on any atom is -0.366 e. The summed E-state index contributed by atoms with van der Waals surface area (Å²) in [7, 11) is 1.71. The van der Waals surface area contributed by atoms with Crippen LogP contribution >= 0.6 is 0 Å². The van der Waals surface area contributed by atoms with Crippen molar-refractivity contribution in [2.24, 2.45) is 5.73 Å². The zero-order valence-corrected chi connectivity index (χ0v) is 8.78. The molecule has 0 saturated heterocycles. The zero-order valence-electron chi connectivity index (χ0n) is 8.78. The molecule has 0 heterocycles. The maximum absolute atomic E-state index is 11.6. The molecule has 0 aliphatic rings. The van der Waals surface area contributed by atoms with Gasteiger partial charge in [-0.2, -0.15) is 0 Å². The second kappa shape index (κ2) is 4.59. The Morgan fingerprint density at radius 3 is 2.53 bits per heavy atom. The summed E-state index contributed by atoms with van der Waals surface area (Å²) in [4.78, 5) is 24.0. The maximum atomic E-state index is 11.6. The fourth-order valence-corrected chi connectivity index (χ4v) is 1.08. The quantitative estimate of drug-likeness (QED) is 0.788. The van der Waals surface area contributed by atoms with Gasteiger partial charge in [-0.25, -0.2) is 0 Å². The first-order chi connectivity index (χ1) is 7.06. The Morgan fingerprint density at radius 2 is 2.13 bits per heavy atom. The molecule has 2 amide bonds. The Labute approximate surface area is 88.7 Å². The molecule has 4 nitrogen and oxygen atoms in total. The minimum absolute atomic E-state index is 0.0928. The van der Waals surface area contributed by atoms with Crippen LogP contribution in [0.15, 0.2) is 18.2 Å². The third-order valence-corrected chi connectivity index (χ3v) is 2.15. The Bertz CT molecular complexity index is 371. The van der Waals surface area contributed by atoms with Crippen LogP contribution in [0.25, 0.3) is 0 Å². The molecule has 1 radical (unpaired) electrons. The first kappa shape index (κ1) is 11.2. The lowest BCUT2D eigenvalue weighted by Crippen LogP contribution is -2.26. The first-order valence-corrected chi connectivity index (χ1v) is 4.63. The average molecular weight is 205 g/mol. The van der Waals surface area contributed by atoms with Gasteiger partial charge in [-0.05, 0) is 31.2 Å². The Kier molecular flexibility index (Phi) is 3.44. The van der Waals surface area contributed by atoms with Crippen molar-refractivity contribution in [3.63, 3.8) is 0 Å². The van der Waals surface area contributed by atoms with Crippen molar-refractivity contribution in [2.75, 3.05) is 13.6 Å². The van der Waals surface area contributed by atoms with Gasteiger partial charge in [-0.1, -0.05) is 0 Å². The van der Waals surface area contributed by atoms with Gasteiger partial charge < -0.3 is 10.6 Å². The van der Waals surface area contributed by atoms with Gasteiger partial charge in [0.1, 0.15) is 0 Å². The number of benzene rings is 1. The van der Waals surface area contributed by atoms with E-state index in [0.29, 0.717) is 12.1 Å². The summed E-state index contributed by atoms with van der Waals surface area (Å²) in [5.74, 6) is -0.636. The molecular weight excluding hydrogens is 192 g/mol. The molecule has 0 atom stereocenters. The molecule has 0 fully saturated rings. The van der Waals surface area contributed by atoms with Gasteiger partial charge in [0.2, 0.25) is 5.91 Å². The number of amides is 2. The van der Waals surface area contributed by atoms with Gasteiger partial charge in [0, 0.05) is 24.7 Å². The molecule has 0 unspecified atom stereocenters. The van der Waals surface area contributed by atoms with Crippen LogP contribution in [0.3, 0.4) is 0 Å². The summed E-state index contributed by atoms with van der Waals surface area (Å²) >= 11 is 0. The zero-order chi connectivity index (χ0) is 11.4. The predicted molar refractivity (Wildman–Crippen MR) is 56.4 cm³/mol. The van der Waals surface area contributed by atoms with Crippen LogP contribution in [0.1, 0.15) is 27.6 Å². The number of nitrogens with zero attached hydrogens (tertiary/aromatic N) is 1. The van der Waals surface area contributed by atoms with Gasteiger partial charge >= 0.3 is 0 Å². The standard InChI is InChI=1S/C11H13N2O2/c1-3-13(2)11(15)9-6-4-8(5-7-9)10(12)14/h4,6-7H,3H2,1-2H3,(H2,12,14). The monoisotopic (exact) mass is 205 g/mol. The summed E-state index contributed by atoms with van der Waals surface area (Å²) in [6, 6.07) is 7.23. The topological polar surface area (TPSA) is 63.4 Å². The third kappa shape index (κ3) is 2.56. The minimum atomic E-state index is -0.544. The number of carbonyl (C=O) groups excluding carboxylic acids is 2. The van der Waals surface area contributed by atoms with Crippen LogP contribution in [0.5, 0.6) is 0 Å². The SMILES string of the molecule is CCN(C)C(=O)c1c[c]c(C(N)=O)cc1. The second-order valence-corrected chi connectivity index (χ2v) is 3.17. The molecule has 2 N–H and O–H groups in total. The highest BCUT2D eigenvalue weighted by Crippen LogP contribution is 2.05. The summed E-state index contributed by atoms with van der Waals surface area (Å²) in [6.45, 7) is 2.52. The van der Waals surface area contributed by atoms with Gasteiger partial charge in [0.05, 0.1) is 0 Å². The second-order valence-electron chi connectivity index (χ2n) is 3.17. The van der Waals surface area contributed by atoms with Crippen LogP contribution in [-0.4, -0.2) is 30.3 Å². The third-order valence-electron chi connectivity index (χ3n) is 2.15. The lowest BCUT2D eigenvalue weighted by molar-refractivity contribution is 0.0801. The van der Waals surface area contributed by atoms with Crippen LogP contribution in [0, 0.1) is 6.07 Å². The van der Waals surface area contributed by atoms with E-state index in [4.69, 9.17) is 5.73 Å². The molecule has 1 aromatic rings. The van der Waals surface area contributed by atoms with Gasteiger partial charge in [0.25, 0.3) is 5.91 Å². The van der Waals surface area contributed by atoms with E-state index in [1.807, 2.05) is 6.92 Å². The average Bonchev–Trinajstić information content (AvgIpc) is 2.27. The summed E-state index contributed by atoms with van der Waals surface area (Å²) in [5, 5.41) is 0. The van der Waals surface area contributed by atoms with Crippen molar-refractivity contribution in [3.05, 3.63) is 35.4 Å². The fourth-order valence-electron chi connectivity index (χ4n) is 1.08. The van der Waals surface area contributed by atoms with E-state index < -0.39 is 5.91 Å². The largest absolute Gasteiger partial charge is 0.366 e.